The zero-order valence-electron chi connectivity index (χ0n) is 16.7. The molecule has 26 heavy (non-hydrogen) atoms. The third-order valence-electron chi connectivity index (χ3n) is 5.79. The van der Waals surface area contributed by atoms with Gasteiger partial charge in [-0.25, -0.2) is 0 Å². The minimum Gasteiger partial charge on any atom is -0.364 e. The Balaban J connectivity index is 1.53. The van der Waals surface area contributed by atoms with E-state index in [1.807, 2.05) is 11.8 Å². The van der Waals surface area contributed by atoms with Crippen molar-refractivity contribution in [2.45, 2.75) is 47.0 Å². The van der Waals surface area contributed by atoms with Gasteiger partial charge in [-0.2, -0.15) is 0 Å². The summed E-state index contributed by atoms with van der Waals surface area (Å²) < 4.78 is 0. The first kappa shape index (κ1) is 19.2. The minimum absolute atomic E-state index is 0.120. The fourth-order valence-corrected chi connectivity index (χ4v) is 4.55. The predicted octanol–water partition coefficient (Wildman–Crippen LogP) is 2.90. The van der Waals surface area contributed by atoms with Gasteiger partial charge >= 0.3 is 0 Å². The van der Waals surface area contributed by atoms with Crippen LogP contribution in [0.1, 0.15) is 56.1 Å². The van der Waals surface area contributed by atoms with Crippen LogP contribution in [0.5, 0.6) is 0 Å². The van der Waals surface area contributed by atoms with Crippen LogP contribution in [0.4, 0.5) is 0 Å². The van der Waals surface area contributed by atoms with E-state index in [0.717, 1.165) is 44.1 Å². The quantitative estimate of drug-likeness (QED) is 0.903. The van der Waals surface area contributed by atoms with Crippen LogP contribution in [-0.4, -0.2) is 53.4 Å². The Morgan fingerprint density at radius 3 is 2.42 bits per heavy atom. The number of hydrogen-bond acceptors (Lipinski definition) is 3. The zero-order valence-corrected chi connectivity index (χ0v) is 16.7. The Hall–Kier alpha value is -1.62. The van der Waals surface area contributed by atoms with Gasteiger partial charge in [-0.05, 0) is 50.0 Å². The highest BCUT2D eigenvalue weighted by molar-refractivity contribution is 5.93. The van der Waals surface area contributed by atoms with Crippen molar-refractivity contribution in [2.24, 2.45) is 17.3 Å². The van der Waals surface area contributed by atoms with Crippen LogP contribution in [-0.2, 0) is 0 Å². The number of nitrogens with zero attached hydrogens (tertiary/aromatic N) is 2. The summed E-state index contributed by atoms with van der Waals surface area (Å²) in [6, 6.07) is 1.50. The summed E-state index contributed by atoms with van der Waals surface area (Å²) in [5.41, 5.74) is 1.23. The van der Waals surface area contributed by atoms with Gasteiger partial charge in [-0.1, -0.05) is 20.8 Å². The van der Waals surface area contributed by atoms with Crippen molar-refractivity contribution in [3.63, 3.8) is 0 Å². The van der Waals surface area contributed by atoms with E-state index in [0.29, 0.717) is 11.3 Å². The first-order chi connectivity index (χ1) is 12.2. The average molecular weight is 360 g/mol. The van der Waals surface area contributed by atoms with Crippen molar-refractivity contribution in [3.8, 4) is 0 Å². The van der Waals surface area contributed by atoms with Gasteiger partial charge in [-0.3, -0.25) is 9.59 Å². The van der Waals surface area contributed by atoms with Gasteiger partial charge in [0.15, 0.2) is 5.43 Å². The number of likely N-dealkylation sites (tertiary alicyclic amines) is 2. The summed E-state index contributed by atoms with van der Waals surface area (Å²) in [7, 11) is 0. The summed E-state index contributed by atoms with van der Waals surface area (Å²) in [4.78, 5) is 32.2. The molecule has 3 rings (SSSR count). The SMILES string of the molecule is Cc1cc(=O)c(C(=O)N2CCC([C@@H]3CCN(CC(C)(C)C)C3)CC2)c[nH]1. The third-order valence-corrected chi connectivity index (χ3v) is 5.79. The van der Waals surface area contributed by atoms with Gasteiger partial charge in [-0.15, -0.1) is 0 Å². The van der Waals surface area contributed by atoms with E-state index < -0.39 is 0 Å². The molecule has 5 heteroatoms. The number of amides is 1. The van der Waals surface area contributed by atoms with Gasteiger partial charge in [0.25, 0.3) is 5.91 Å². The number of pyridine rings is 1. The van der Waals surface area contributed by atoms with Crippen LogP contribution >= 0.6 is 0 Å². The number of H-pyrrole nitrogens is 1. The predicted molar refractivity (Wildman–Crippen MR) is 104 cm³/mol. The Morgan fingerprint density at radius 2 is 1.81 bits per heavy atom. The number of carbonyl (C=O) groups is 1. The van der Waals surface area contributed by atoms with Crippen LogP contribution in [0, 0.1) is 24.2 Å². The standard InChI is InChI=1S/C21H33N3O2/c1-15-11-19(25)18(12-22-15)20(26)24-9-6-16(7-10-24)17-5-8-23(13-17)14-21(2,3)4/h11-12,16-17H,5-10,13-14H2,1-4H3,(H,22,25)/t17-/m1/s1. The topological polar surface area (TPSA) is 56.4 Å². The first-order valence-electron chi connectivity index (χ1n) is 9.94. The van der Waals surface area contributed by atoms with Crippen molar-refractivity contribution < 1.29 is 4.79 Å². The summed E-state index contributed by atoms with van der Waals surface area (Å²) >= 11 is 0. The highest BCUT2D eigenvalue weighted by Gasteiger charge is 2.34. The van der Waals surface area contributed by atoms with E-state index in [1.54, 1.807) is 6.20 Å². The number of nitrogens with one attached hydrogen (secondary N) is 1. The smallest absolute Gasteiger partial charge is 0.259 e. The molecule has 0 aromatic carbocycles. The molecule has 2 aliphatic heterocycles. The molecule has 1 amide bonds. The third kappa shape index (κ3) is 4.56. The largest absolute Gasteiger partial charge is 0.364 e. The van der Waals surface area contributed by atoms with Gasteiger partial charge in [0, 0.05) is 44.1 Å². The second kappa shape index (κ2) is 7.55. The van der Waals surface area contributed by atoms with E-state index in [2.05, 4.69) is 30.7 Å². The highest BCUT2D eigenvalue weighted by Crippen LogP contribution is 2.33. The van der Waals surface area contributed by atoms with E-state index in [-0.39, 0.29) is 16.9 Å². The van der Waals surface area contributed by atoms with Gasteiger partial charge in [0.05, 0.1) is 0 Å². The Morgan fingerprint density at radius 1 is 1.15 bits per heavy atom. The summed E-state index contributed by atoms with van der Waals surface area (Å²) in [5.74, 6) is 1.35. The Bertz CT molecular complexity index is 696. The van der Waals surface area contributed by atoms with Gasteiger partial charge in [0.1, 0.15) is 5.56 Å². The fourth-order valence-electron chi connectivity index (χ4n) is 4.55. The molecular weight excluding hydrogens is 326 g/mol. The van der Waals surface area contributed by atoms with Crippen LogP contribution in [0.2, 0.25) is 0 Å². The molecule has 0 radical (unpaired) electrons. The lowest BCUT2D eigenvalue weighted by atomic mass is 9.83. The van der Waals surface area contributed by atoms with Crippen molar-refractivity contribution in [3.05, 3.63) is 33.7 Å². The number of aryl methyl sites for hydroxylation is 1. The molecule has 1 N–H and O–H groups in total. The molecule has 1 aromatic heterocycles. The lowest BCUT2D eigenvalue weighted by Gasteiger charge is -2.35. The number of rotatable bonds is 3. The lowest BCUT2D eigenvalue weighted by Crippen LogP contribution is -2.42. The van der Waals surface area contributed by atoms with Crippen molar-refractivity contribution >= 4 is 5.91 Å². The Labute approximate surface area is 156 Å². The fraction of sp³-hybridized carbons (Fsp3) is 0.714. The van der Waals surface area contributed by atoms with Crippen LogP contribution < -0.4 is 5.43 Å². The highest BCUT2D eigenvalue weighted by atomic mass is 16.2. The molecule has 144 valence electrons. The van der Waals surface area contributed by atoms with Crippen LogP contribution in [0.3, 0.4) is 0 Å². The second-order valence-electron chi connectivity index (χ2n) is 9.37. The molecule has 1 aromatic rings. The molecule has 0 bridgehead atoms. The summed E-state index contributed by atoms with van der Waals surface area (Å²) in [6.07, 6.45) is 4.97. The number of hydrogen-bond donors (Lipinski definition) is 1. The molecule has 2 fully saturated rings. The molecule has 0 aliphatic carbocycles. The maximum Gasteiger partial charge on any atom is 0.259 e. The van der Waals surface area contributed by atoms with Crippen molar-refractivity contribution in [1.82, 2.24) is 14.8 Å². The van der Waals surface area contributed by atoms with Gasteiger partial charge in [0.2, 0.25) is 0 Å². The molecule has 1 atom stereocenters. The maximum absolute atomic E-state index is 12.7. The molecule has 0 spiro atoms. The van der Waals surface area contributed by atoms with E-state index in [1.165, 1.54) is 25.6 Å². The first-order valence-corrected chi connectivity index (χ1v) is 9.94. The number of aromatic nitrogens is 1. The molecule has 0 saturated carbocycles. The molecule has 0 unspecified atom stereocenters. The normalized spacial score (nSPS) is 22.8. The molecule has 3 heterocycles. The van der Waals surface area contributed by atoms with Crippen molar-refractivity contribution in [2.75, 3.05) is 32.7 Å². The van der Waals surface area contributed by atoms with Gasteiger partial charge < -0.3 is 14.8 Å². The molecule has 5 nitrogen and oxygen atoms in total. The number of piperidine rings is 1. The van der Waals surface area contributed by atoms with E-state index in [9.17, 15) is 9.59 Å². The number of aromatic amines is 1. The average Bonchev–Trinajstić information content (AvgIpc) is 3.01. The minimum atomic E-state index is -0.179. The summed E-state index contributed by atoms with van der Waals surface area (Å²) in [6.45, 7) is 13.8. The molecule has 2 saturated heterocycles. The van der Waals surface area contributed by atoms with Crippen LogP contribution in [0.15, 0.2) is 17.1 Å². The molecular formula is C21H33N3O2. The zero-order chi connectivity index (χ0) is 18.9. The van der Waals surface area contributed by atoms with E-state index in [4.69, 9.17) is 0 Å². The lowest BCUT2D eigenvalue weighted by molar-refractivity contribution is 0.0655. The van der Waals surface area contributed by atoms with Crippen molar-refractivity contribution in [1.29, 1.82) is 0 Å². The summed E-state index contributed by atoms with van der Waals surface area (Å²) in [5, 5.41) is 0. The van der Waals surface area contributed by atoms with Crippen LogP contribution in [0.25, 0.3) is 0 Å². The number of carbonyl (C=O) groups excluding carboxylic acids is 1. The molecule has 2 aliphatic rings. The monoisotopic (exact) mass is 359 g/mol. The van der Waals surface area contributed by atoms with E-state index >= 15 is 0 Å². The second-order valence-corrected chi connectivity index (χ2v) is 9.37. The Kier molecular flexibility index (Phi) is 5.56. The maximum atomic E-state index is 12.7.